The Kier molecular flexibility index (Phi) is 7.10. The predicted molar refractivity (Wildman–Crippen MR) is 92.8 cm³/mol. The van der Waals surface area contributed by atoms with Crippen LogP contribution in [-0.4, -0.2) is 32.1 Å². The van der Waals surface area contributed by atoms with Crippen molar-refractivity contribution in [1.29, 1.82) is 0 Å². The number of amides is 2. The highest BCUT2D eigenvalue weighted by Gasteiger charge is 2.10. The van der Waals surface area contributed by atoms with Crippen LogP contribution in [0.3, 0.4) is 0 Å². The number of hydrogen-bond acceptors (Lipinski definition) is 3. The van der Waals surface area contributed by atoms with Gasteiger partial charge in [0.15, 0.2) is 0 Å². The van der Waals surface area contributed by atoms with Crippen molar-refractivity contribution < 1.29 is 18.7 Å². The third kappa shape index (κ3) is 6.00. The van der Waals surface area contributed by atoms with Crippen LogP contribution in [0.1, 0.15) is 32.7 Å². The van der Waals surface area contributed by atoms with Crippen molar-refractivity contribution in [2.45, 2.75) is 13.0 Å². The summed E-state index contributed by atoms with van der Waals surface area (Å²) >= 11 is 0. The van der Waals surface area contributed by atoms with Crippen LogP contribution in [0.15, 0.2) is 48.5 Å². The van der Waals surface area contributed by atoms with E-state index in [1.54, 1.807) is 43.5 Å². The maximum absolute atomic E-state index is 12.9. The van der Waals surface area contributed by atoms with E-state index >= 15 is 0 Å². The van der Waals surface area contributed by atoms with Crippen molar-refractivity contribution in [3.05, 3.63) is 71.0 Å². The normalized spacial score (nSPS) is 10.3. The molecule has 0 spiro atoms. The lowest BCUT2D eigenvalue weighted by Crippen LogP contribution is -2.26. The van der Waals surface area contributed by atoms with Gasteiger partial charge in [0.2, 0.25) is 0 Å². The van der Waals surface area contributed by atoms with Crippen LogP contribution in [0.25, 0.3) is 0 Å². The van der Waals surface area contributed by atoms with E-state index in [0.29, 0.717) is 24.3 Å². The second kappa shape index (κ2) is 9.54. The van der Waals surface area contributed by atoms with Gasteiger partial charge in [-0.15, -0.1) is 0 Å². The first-order valence-corrected chi connectivity index (χ1v) is 8.00. The summed E-state index contributed by atoms with van der Waals surface area (Å²) in [5, 5.41) is 5.53. The summed E-state index contributed by atoms with van der Waals surface area (Å²) in [7, 11) is 1.61. The third-order valence-corrected chi connectivity index (χ3v) is 3.56. The highest BCUT2D eigenvalue weighted by Crippen LogP contribution is 2.07. The monoisotopic (exact) mass is 344 g/mol. The molecule has 0 radical (unpaired) electrons. The standard InChI is InChI=1S/C19H21FN2O3/c1-25-11-3-10-21-18(23)15-4-2-5-16(12-15)19(24)22-13-14-6-8-17(20)9-7-14/h2,4-9,12H,3,10-11,13H2,1H3,(H,21,23)(H,22,24). The Morgan fingerprint density at radius 2 is 1.64 bits per heavy atom. The van der Waals surface area contributed by atoms with Gasteiger partial charge in [0, 0.05) is 37.9 Å². The summed E-state index contributed by atoms with van der Waals surface area (Å²) in [6.45, 7) is 1.37. The summed E-state index contributed by atoms with van der Waals surface area (Å²) in [6.07, 6.45) is 0.722. The van der Waals surface area contributed by atoms with Crippen molar-refractivity contribution in [2.75, 3.05) is 20.3 Å². The Morgan fingerprint density at radius 1 is 1.00 bits per heavy atom. The largest absolute Gasteiger partial charge is 0.385 e. The molecule has 0 fully saturated rings. The van der Waals surface area contributed by atoms with Crippen molar-refractivity contribution in [3.63, 3.8) is 0 Å². The van der Waals surface area contributed by atoms with Crippen LogP contribution in [0, 0.1) is 5.82 Å². The molecular weight excluding hydrogens is 323 g/mol. The van der Waals surface area contributed by atoms with Gasteiger partial charge in [-0.2, -0.15) is 0 Å². The maximum atomic E-state index is 12.9. The van der Waals surface area contributed by atoms with E-state index in [1.807, 2.05) is 0 Å². The van der Waals surface area contributed by atoms with E-state index in [1.165, 1.54) is 12.1 Å². The fraction of sp³-hybridized carbons (Fsp3) is 0.263. The maximum Gasteiger partial charge on any atom is 0.251 e. The number of carbonyl (C=O) groups excluding carboxylic acids is 2. The van der Waals surface area contributed by atoms with Crippen LogP contribution in [0.2, 0.25) is 0 Å². The first kappa shape index (κ1) is 18.6. The smallest absolute Gasteiger partial charge is 0.251 e. The van der Waals surface area contributed by atoms with Crippen LogP contribution in [-0.2, 0) is 11.3 Å². The molecule has 0 bridgehead atoms. The molecule has 0 heterocycles. The van der Waals surface area contributed by atoms with Crippen LogP contribution < -0.4 is 10.6 Å². The zero-order valence-corrected chi connectivity index (χ0v) is 14.0. The number of nitrogens with one attached hydrogen (secondary N) is 2. The molecule has 2 rings (SSSR count). The molecule has 0 unspecified atom stereocenters. The zero-order valence-electron chi connectivity index (χ0n) is 14.0. The summed E-state index contributed by atoms with van der Waals surface area (Å²) in [4.78, 5) is 24.3. The number of halogens is 1. The van der Waals surface area contributed by atoms with Gasteiger partial charge in [0.1, 0.15) is 5.82 Å². The molecule has 0 aromatic heterocycles. The van der Waals surface area contributed by atoms with Crippen molar-refractivity contribution in [1.82, 2.24) is 10.6 Å². The molecule has 25 heavy (non-hydrogen) atoms. The number of hydrogen-bond donors (Lipinski definition) is 2. The molecule has 2 aromatic carbocycles. The second-order valence-corrected chi connectivity index (χ2v) is 5.49. The molecule has 2 N–H and O–H groups in total. The Morgan fingerprint density at radius 3 is 2.28 bits per heavy atom. The summed E-state index contributed by atoms with van der Waals surface area (Å²) < 4.78 is 17.8. The van der Waals surface area contributed by atoms with E-state index in [0.717, 1.165) is 12.0 Å². The van der Waals surface area contributed by atoms with Crippen molar-refractivity contribution >= 4 is 11.8 Å². The summed E-state index contributed by atoms with van der Waals surface area (Å²) in [5.74, 6) is -0.845. The molecule has 0 atom stereocenters. The van der Waals surface area contributed by atoms with Gasteiger partial charge in [-0.1, -0.05) is 18.2 Å². The molecule has 6 heteroatoms. The lowest BCUT2D eigenvalue weighted by molar-refractivity contribution is 0.0948. The van der Waals surface area contributed by atoms with Crippen molar-refractivity contribution in [3.8, 4) is 0 Å². The van der Waals surface area contributed by atoms with Gasteiger partial charge in [-0.05, 0) is 42.3 Å². The lowest BCUT2D eigenvalue weighted by atomic mass is 10.1. The van der Waals surface area contributed by atoms with E-state index in [2.05, 4.69) is 10.6 Å². The fourth-order valence-corrected chi connectivity index (χ4v) is 2.21. The minimum absolute atomic E-state index is 0.232. The fourth-order valence-electron chi connectivity index (χ4n) is 2.21. The molecule has 0 saturated carbocycles. The van der Waals surface area contributed by atoms with Gasteiger partial charge in [-0.25, -0.2) is 4.39 Å². The quantitative estimate of drug-likeness (QED) is 0.723. The van der Waals surface area contributed by atoms with E-state index in [4.69, 9.17) is 4.74 Å². The third-order valence-electron chi connectivity index (χ3n) is 3.56. The zero-order chi connectivity index (χ0) is 18.1. The lowest BCUT2D eigenvalue weighted by Gasteiger charge is -2.08. The first-order valence-electron chi connectivity index (χ1n) is 8.00. The van der Waals surface area contributed by atoms with Crippen LogP contribution in [0.4, 0.5) is 4.39 Å². The summed E-state index contributed by atoms with van der Waals surface area (Å²) in [5.41, 5.74) is 1.61. The molecule has 0 aliphatic heterocycles. The first-order chi connectivity index (χ1) is 12.1. The van der Waals surface area contributed by atoms with Gasteiger partial charge >= 0.3 is 0 Å². The number of carbonyl (C=O) groups is 2. The van der Waals surface area contributed by atoms with Crippen LogP contribution >= 0.6 is 0 Å². The van der Waals surface area contributed by atoms with Gasteiger partial charge < -0.3 is 15.4 Å². The number of rotatable bonds is 8. The average molecular weight is 344 g/mol. The highest BCUT2D eigenvalue weighted by atomic mass is 19.1. The molecule has 0 saturated heterocycles. The topological polar surface area (TPSA) is 67.4 Å². The number of benzene rings is 2. The highest BCUT2D eigenvalue weighted by molar-refractivity contribution is 5.99. The Hall–Kier alpha value is -2.73. The Labute approximate surface area is 146 Å². The average Bonchev–Trinajstić information content (AvgIpc) is 2.64. The predicted octanol–water partition coefficient (Wildman–Crippen LogP) is 2.52. The van der Waals surface area contributed by atoms with Crippen molar-refractivity contribution in [2.24, 2.45) is 0 Å². The SMILES string of the molecule is COCCCNC(=O)c1cccc(C(=O)NCc2ccc(F)cc2)c1. The number of methoxy groups -OCH3 is 1. The number of ether oxygens (including phenoxy) is 1. The molecule has 0 aliphatic carbocycles. The second-order valence-electron chi connectivity index (χ2n) is 5.49. The molecule has 132 valence electrons. The molecule has 2 aromatic rings. The van der Waals surface area contributed by atoms with Gasteiger partial charge in [0.05, 0.1) is 0 Å². The summed E-state index contributed by atoms with van der Waals surface area (Å²) in [6, 6.07) is 12.4. The molecule has 0 aliphatic rings. The molecule has 5 nitrogen and oxygen atoms in total. The minimum atomic E-state index is -0.320. The molecular formula is C19H21FN2O3. The van der Waals surface area contributed by atoms with E-state index in [-0.39, 0.29) is 24.2 Å². The van der Waals surface area contributed by atoms with E-state index in [9.17, 15) is 14.0 Å². The van der Waals surface area contributed by atoms with Gasteiger partial charge in [0.25, 0.3) is 11.8 Å². The van der Waals surface area contributed by atoms with Gasteiger partial charge in [-0.3, -0.25) is 9.59 Å². The minimum Gasteiger partial charge on any atom is -0.385 e. The van der Waals surface area contributed by atoms with E-state index < -0.39 is 0 Å². The molecule has 2 amide bonds. The Balaban J connectivity index is 1.91. The van der Waals surface area contributed by atoms with Crippen LogP contribution in [0.5, 0.6) is 0 Å². The Bertz CT molecular complexity index is 717.